The first-order valence-electron chi connectivity index (χ1n) is 5.55. The molecule has 17 heavy (non-hydrogen) atoms. The fourth-order valence-electron chi connectivity index (χ4n) is 1.99. The number of rotatable bonds is 2. The van der Waals surface area contributed by atoms with Gasteiger partial charge in [-0.1, -0.05) is 13.0 Å². The normalized spacial score (nSPS) is 23.7. The van der Waals surface area contributed by atoms with Crippen molar-refractivity contribution in [2.24, 2.45) is 11.8 Å². The van der Waals surface area contributed by atoms with Crippen molar-refractivity contribution in [2.75, 3.05) is 18.4 Å². The predicted octanol–water partition coefficient (Wildman–Crippen LogP) is 1.76. The van der Waals surface area contributed by atoms with Crippen LogP contribution < -0.4 is 10.6 Å². The minimum absolute atomic E-state index is 0.171. The summed E-state index contributed by atoms with van der Waals surface area (Å²) in [4.78, 5) is 11.8. The van der Waals surface area contributed by atoms with Crippen LogP contribution in [0.4, 0.5) is 14.5 Å². The van der Waals surface area contributed by atoms with Crippen molar-refractivity contribution in [1.29, 1.82) is 0 Å². The van der Waals surface area contributed by atoms with Crippen LogP contribution in [-0.4, -0.2) is 19.0 Å². The van der Waals surface area contributed by atoms with Gasteiger partial charge in [0, 0.05) is 6.54 Å². The lowest BCUT2D eigenvalue weighted by Crippen LogP contribution is -2.28. The maximum atomic E-state index is 13.3. The maximum Gasteiger partial charge on any atom is 0.229 e. The fourth-order valence-corrected chi connectivity index (χ4v) is 1.99. The lowest BCUT2D eigenvalue weighted by molar-refractivity contribution is -0.120. The molecule has 1 fully saturated rings. The molecule has 0 spiro atoms. The molecule has 0 bridgehead atoms. The average Bonchev–Trinajstić information content (AvgIpc) is 2.70. The predicted molar refractivity (Wildman–Crippen MR) is 60.5 cm³/mol. The second-order valence-electron chi connectivity index (χ2n) is 4.33. The van der Waals surface area contributed by atoms with Gasteiger partial charge >= 0.3 is 0 Å². The highest BCUT2D eigenvalue weighted by molar-refractivity contribution is 5.93. The van der Waals surface area contributed by atoms with Crippen LogP contribution in [0.1, 0.15) is 6.92 Å². The Hall–Kier alpha value is -1.49. The molecule has 0 aliphatic carbocycles. The molecule has 2 unspecified atom stereocenters. The molecule has 2 rings (SSSR count). The third-order valence-corrected chi connectivity index (χ3v) is 3.07. The smallest absolute Gasteiger partial charge is 0.229 e. The van der Waals surface area contributed by atoms with Crippen LogP contribution in [0.25, 0.3) is 0 Å². The van der Waals surface area contributed by atoms with Crippen LogP contribution >= 0.6 is 0 Å². The number of halogens is 2. The minimum Gasteiger partial charge on any atom is -0.321 e. The molecule has 1 aromatic rings. The van der Waals surface area contributed by atoms with Gasteiger partial charge in [0.1, 0.15) is 17.3 Å². The highest BCUT2D eigenvalue weighted by Crippen LogP contribution is 2.22. The molecule has 1 aliphatic rings. The van der Waals surface area contributed by atoms with Crippen molar-refractivity contribution in [3.63, 3.8) is 0 Å². The second kappa shape index (κ2) is 4.79. The van der Waals surface area contributed by atoms with E-state index in [4.69, 9.17) is 0 Å². The lowest BCUT2D eigenvalue weighted by atomic mass is 9.97. The average molecular weight is 240 g/mol. The summed E-state index contributed by atoms with van der Waals surface area (Å²) in [5.74, 6) is -1.92. The lowest BCUT2D eigenvalue weighted by Gasteiger charge is -2.14. The van der Waals surface area contributed by atoms with E-state index < -0.39 is 11.6 Å². The molecule has 1 heterocycles. The third kappa shape index (κ3) is 2.44. The van der Waals surface area contributed by atoms with E-state index in [1.807, 2.05) is 6.92 Å². The standard InChI is InChI=1S/C12H14F2N2O/c1-7-5-15-6-8(7)12(17)16-11-9(13)3-2-4-10(11)14/h2-4,7-8,15H,5-6H2,1H3,(H,16,17). The molecule has 1 saturated heterocycles. The Bertz CT molecular complexity index is 416. The molecule has 1 aliphatic heterocycles. The Morgan fingerprint density at radius 1 is 1.35 bits per heavy atom. The Morgan fingerprint density at radius 2 is 2.00 bits per heavy atom. The molecule has 1 aromatic carbocycles. The number of anilines is 1. The summed E-state index contributed by atoms with van der Waals surface area (Å²) >= 11 is 0. The SMILES string of the molecule is CC1CNCC1C(=O)Nc1c(F)cccc1F. The summed E-state index contributed by atoms with van der Waals surface area (Å²) in [6.07, 6.45) is 0. The number of hydrogen-bond donors (Lipinski definition) is 2. The number of para-hydroxylation sites is 1. The van der Waals surface area contributed by atoms with Crippen molar-refractivity contribution in [2.45, 2.75) is 6.92 Å². The van der Waals surface area contributed by atoms with Crippen LogP contribution in [0.5, 0.6) is 0 Å². The zero-order valence-electron chi connectivity index (χ0n) is 9.47. The molecule has 1 amide bonds. The number of carbonyl (C=O) groups excluding carboxylic acids is 1. The first-order chi connectivity index (χ1) is 8.09. The molecule has 0 aromatic heterocycles. The van der Waals surface area contributed by atoms with Crippen LogP contribution in [0, 0.1) is 23.5 Å². The molecule has 3 nitrogen and oxygen atoms in total. The van der Waals surface area contributed by atoms with E-state index in [-0.39, 0.29) is 23.4 Å². The number of carbonyl (C=O) groups is 1. The van der Waals surface area contributed by atoms with Gasteiger partial charge in [0.15, 0.2) is 0 Å². The van der Waals surface area contributed by atoms with Crippen LogP contribution in [0.15, 0.2) is 18.2 Å². The Labute approximate surface area is 98.2 Å². The Kier molecular flexibility index (Phi) is 3.38. The van der Waals surface area contributed by atoms with E-state index in [0.717, 1.165) is 18.7 Å². The van der Waals surface area contributed by atoms with Gasteiger partial charge < -0.3 is 10.6 Å². The molecule has 2 atom stereocenters. The summed E-state index contributed by atoms with van der Waals surface area (Å²) in [5.41, 5.74) is -0.364. The van der Waals surface area contributed by atoms with E-state index in [9.17, 15) is 13.6 Å². The van der Waals surface area contributed by atoms with E-state index in [2.05, 4.69) is 10.6 Å². The molecular formula is C12H14F2N2O. The molecular weight excluding hydrogens is 226 g/mol. The first kappa shape index (κ1) is 12.0. The monoisotopic (exact) mass is 240 g/mol. The first-order valence-corrected chi connectivity index (χ1v) is 5.55. The van der Waals surface area contributed by atoms with Crippen molar-refractivity contribution >= 4 is 11.6 Å². The van der Waals surface area contributed by atoms with Gasteiger partial charge in [0.25, 0.3) is 0 Å². The molecule has 92 valence electrons. The van der Waals surface area contributed by atoms with E-state index in [1.54, 1.807) is 0 Å². The van der Waals surface area contributed by atoms with Gasteiger partial charge in [-0.25, -0.2) is 8.78 Å². The molecule has 5 heteroatoms. The molecule has 0 saturated carbocycles. The van der Waals surface area contributed by atoms with Crippen molar-refractivity contribution in [1.82, 2.24) is 5.32 Å². The minimum atomic E-state index is -0.753. The van der Waals surface area contributed by atoms with Gasteiger partial charge in [0.05, 0.1) is 5.92 Å². The summed E-state index contributed by atoms with van der Waals surface area (Å²) in [7, 11) is 0. The Balaban J connectivity index is 2.13. The highest BCUT2D eigenvalue weighted by Gasteiger charge is 2.30. The van der Waals surface area contributed by atoms with E-state index in [0.29, 0.717) is 6.54 Å². The summed E-state index contributed by atoms with van der Waals surface area (Å²) in [5, 5.41) is 5.39. The fraction of sp³-hybridized carbons (Fsp3) is 0.417. The van der Waals surface area contributed by atoms with Gasteiger partial charge in [-0.3, -0.25) is 4.79 Å². The quantitative estimate of drug-likeness (QED) is 0.827. The van der Waals surface area contributed by atoms with Gasteiger partial charge in [0.2, 0.25) is 5.91 Å². The van der Waals surface area contributed by atoms with Crippen LogP contribution in [0.3, 0.4) is 0 Å². The second-order valence-corrected chi connectivity index (χ2v) is 4.33. The highest BCUT2D eigenvalue weighted by atomic mass is 19.1. The van der Waals surface area contributed by atoms with Gasteiger partial charge in [-0.05, 0) is 24.6 Å². The summed E-state index contributed by atoms with van der Waals surface area (Å²) in [6, 6.07) is 3.50. The Morgan fingerprint density at radius 3 is 2.53 bits per heavy atom. The zero-order valence-corrected chi connectivity index (χ0v) is 9.47. The van der Waals surface area contributed by atoms with Crippen LogP contribution in [-0.2, 0) is 4.79 Å². The molecule has 0 radical (unpaired) electrons. The van der Waals surface area contributed by atoms with E-state index >= 15 is 0 Å². The third-order valence-electron chi connectivity index (χ3n) is 3.07. The van der Waals surface area contributed by atoms with Crippen molar-refractivity contribution in [3.8, 4) is 0 Å². The largest absolute Gasteiger partial charge is 0.321 e. The van der Waals surface area contributed by atoms with Crippen LogP contribution in [0.2, 0.25) is 0 Å². The van der Waals surface area contributed by atoms with E-state index in [1.165, 1.54) is 6.07 Å². The number of benzene rings is 1. The van der Waals surface area contributed by atoms with Crippen molar-refractivity contribution in [3.05, 3.63) is 29.8 Å². The van der Waals surface area contributed by atoms with Gasteiger partial charge in [-0.2, -0.15) is 0 Å². The molecule has 2 N–H and O–H groups in total. The number of hydrogen-bond acceptors (Lipinski definition) is 2. The maximum absolute atomic E-state index is 13.3. The topological polar surface area (TPSA) is 41.1 Å². The van der Waals surface area contributed by atoms with Crippen molar-refractivity contribution < 1.29 is 13.6 Å². The summed E-state index contributed by atoms with van der Waals surface area (Å²) in [6.45, 7) is 3.23. The van der Waals surface area contributed by atoms with Gasteiger partial charge in [-0.15, -0.1) is 0 Å². The summed E-state index contributed by atoms with van der Waals surface area (Å²) < 4.78 is 26.6. The zero-order chi connectivity index (χ0) is 12.4. The number of amides is 1. The number of nitrogens with one attached hydrogen (secondary N) is 2.